The molecule has 15 heavy (non-hydrogen) atoms. The van der Waals surface area contributed by atoms with Crippen LogP contribution in [0.3, 0.4) is 0 Å². The van der Waals surface area contributed by atoms with Crippen molar-refractivity contribution in [2.24, 2.45) is 11.5 Å². The van der Waals surface area contributed by atoms with E-state index < -0.39 is 11.9 Å². The molecule has 0 radical (unpaired) electrons. The van der Waals surface area contributed by atoms with Crippen molar-refractivity contribution in [3.63, 3.8) is 0 Å². The first-order valence-corrected chi connectivity index (χ1v) is 5.30. The van der Waals surface area contributed by atoms with Crippen molar-refractivity contribution in [2.75, 3.05) is 0 Å². The van der Waals surface area contributed by atoms with Crippen molar-refractivity contribution in [3.05, 3.63) is 27.2 Å². The van der Waals surface area contributed by atoms with Gasteiger partial charge in [-0.25, -0.2) is 0 Å². The molecule has 1 atom stereocenters. The lowest BCUT2D eigenvalue weighted by molar-refractivity contribution is -0.118. The number of carbonyl (C=O) groups is 1. The highest BCUT2D eigenvalue weighted by Gasteiger charge is 2.16. The Bertz CT molecular complexity index is 398. The fourth-order valence-electron chi connectivity index (χ4n) is 1.20. The maximum atomic E-state index is 10.7. The Balaban J connectivity index is 3.07. The normalized spacial score (nSPS) is 12.5. The molecule has 5 N–H and O–H groups in total. The van der Waals surface area contributed by atoms with Crippen LogP contribution in [-0.4, -0.2) is 11.0 Å². The molecule has 6 heteroatoms. The summed E-state index contributed by atoms with van der Waals surface area (Å²) >= 11 is 8.92. The Hall–Kier alpha value is -0.780. The number of hydrogen-bond acceptors (Lipinski definition) is 3. The summed E-state index contributed by atoms with van der Waals surface area (Å²) in [7, 11) is 0. The van der Waals surface area contributed by atoms with Gasteiger partial charge in [-0.2, -0.15) is 0 Å². The number of aromatic hydroxyl groups is 1. The Morgan fingerprint density at radius 1 is 1.60 bits per heavy atom. The summed E-state index contributed by atoms with van der Waals surface area (Å²) in [5.41, 5.74) is 11.1. The van der Waals surface area contributed by atoms with Crippen molar-refractivity contribution < 1.29 is 9.90 Å². The van der Waals surface area contributed by atoms with Crippen LogP contribution < -0.4 is 11.5 Å². The first-order chi connectivity index (χ1) is 6.91. The smallest absolute Gasteiger partial charge is 0.219 e. The van der Waals surface area contributed by atoms with Gasteiger partial charge >= 0.3 is 0 Å². The summed E-state index contributed by atoms with van der Waals surface area (Å²) in [5, 5.41) is 10.1. The minimum Gasteiger partial charge on any atom is -0.506 e. The number of rotatable bonds is 3. The van der Waals surface area contributed by atoms with Gasteiger partial charge in [0, 0.05) is 23.0 Å². The zero-order chi connectivity index (χ0) is 11.6. The topological polar surface area (TPSA) is 89.3 Å². The molecular weight excluding hydrogens is 283 g/mol. The quantitative estimate of drug-likeness (QED) is 0.792. The number of primary amides is 1. The third-order valence-electron chi connectivity index (χ3n) is 1.88. The van der Waals surface area contributed by atoms with E-state index in [1.54, 1.807) is 0 Å². The second kappa shape index (κ2) is 4.83. The van der Waals surface area contributed by atoms with Crippen molar-refractivity contribution in [1.29, 1.82) is 0 Å². The van der Waals surface area contributed by atoms with E-state index in [0.29, 0.717) is 15.1 Å². The van der Waals surface area contributed by atoms with Crippen molar-refractivity contribution in [3.8, 4) is 5.75 Å². The van der Waals surface area contributed by atoms with Crippen LogP contribution >= 0.6 is 27.5 Å². The fraction of sp³-hybridized carbons (Fsp3) is 0.222. The van der Waals surface area contributed by atoms with Gasteiger partial charge in [-0.05, 0) is 28.1 Å². The molecule has 0 heterocycles. The zero-order valence-corrected chi connectivity index (χ0v) is 10.0. The summed E-state index contributed by atoms with van der Waals surface area (Å²) in [5.74, 6) is -0.550. The summed E-state index contributed by atoms with van der Waals surface area (Å²) in [6, 6.07) is 2.39. The standard InChI is InChI=1S/C9H10BrClN2O2/c10-6-2-4(11)1-5(9(6)15)7(12)3-8(13)14/h1-2,7,15H,3,12H2,(H2,13,14). The van der Waals surface area contributed by atoms with Crippen LogP contribution in [0.1, 0.15) is 18.0 Å². The lowest BCUT2D eigenvalue weighted by Crippen LogP contribution is -2.20. The van der Waals surface area contributed by atoms with Crippen LogP contribution in [0.5, 0.6) is 5.75 Å². The van der Waals surface area contributed by atoms with E-state index >= 15 is 0 Å². The summed E-state index contributed by atoms with van der Waals surface area (Å²) in [6.45, 7) is 0. The van der Waals surface area contributed by atoms with Gasteiger partial charge in [0.15, 0.2) is 0 Å². The highest BCUT2D eigenvalue weighted by atomic mass is 79.9. The highest BCUT2D eigenvalue weighted by molar-refractivity contribution is 9.10. The van der Waals surface area contributed by atoms with Crippen LogP contribution in [0.25, 0.3) is 0 Å². The Labute approximate surface area is 100 Å². The number of phenols is 1. The van der Waals surface area contributed by atoms with Gasteiger partial charge in [0.2, 0.25) is 5.91 Å². The Morgan fingerprint density at radius 3 is 2.73 bits per heavy atom. The van der Waals surface area contributed by atoms with Gasteiger partial charge in [-0.15, -0.1) is 0 Å². The number of benzene rings is 1. The molecule has 0 aromatic heterocycles. The van der Waals surface area contributed by atoms with Gasteiger partial charge in [0.05, 0.1) is 4.47 Å². The van der Waals surface area contributed by atoms with E-state index in [-0.39, 0.29) is 12.2 Å². The van der Waals surface area contributed by atoms with E-state index in [1.807, 2.05) is 0 Å². The first-order valence-electron chi connectivity index (χ1n) is 4.13. The number of nitrogens with two attached hydrogens (primary N) is 2. The van der Waals surface area contributed by atoms with Gasteiger partial charge in [-0.1, -0.05) is 11.6 Å². The monoisotopic (exact) mass is 292 g/mol. The molecule has 0 bridgehead atoms. The molecule has 0 spiro atoms. The fourth-order valence-corrected chi connectivity index (χ4v) is 2.03. The molecule has 82 valence electrons. The maximum Gasteiger partial charge on any atom is 0.219 e. The predicted molar refractivity (Wildman–Crippen MR) is 61.6 cm³/mol. The molecule has 0 saturated carbocycles. The number of halogens is 2. The number of hydrogen-bond donors (Lipinski definition) is 3. The van der Waals surface area contributed by atoms with Crippen LogP contribution in [0.15, 0.2) is 16.6 Å². The molecule has 1 aromatic carbocycles. The average Bonchev–Trinajstić information content (AvgIpc) is 2.09. The third kappa shape index (κ3) is 3.09. The molecule has 1 unspecified atom stereocenters. The number of amides is 1. The van der Waals surface area contributed by atoms with E-state index in [4.69, 9.17) is 23.1 Å². The van der Waals surface area contributed by atoms with Crippen molar-refractivity contribution >= 4 is 33.4 Å². The Morgan fingerprint density at radius 2 is 2.20 bits per heavy atom. The second-order valence-corrected chi connectivity index (χ2v) is 4.39. The first kappa shape index (κ1) is 12.3. The van der Waals surface area contributed by atoms with Crippen molar-refractivity contribution in [2.45, 2.75) is 12.5 Å². The highest BCUT2D eigenvalue weighted by Crippen LogP contribution is 2.35. The third-order valence-corrected chi connectivity index (χ3v) is 2.70. The lowest BCUT2D eigenvalue weighted by atomic mass is 10.0. The Kier molecular flexibility index (Phi) is 3.96. The second-order valence-electron chi connectivity index (χ2n) is 3.10. The van der Waals surface area contributed by atoms with Crippen molar-refractivity contribution in [1.82, 2.24) is 0 Å². The largest absolute Gasteiger partial charge is 0.506 e. The molecule has 0 aliphatic rings. The number of carbonyl (C=O) groups excluding carboxylic acids is 1. The molecule has 4 nitrogen and oxygen atoms in total. The molecule has 1 amide bonds. The summed E-state index contributed by atoms with van der Waals surface area (Å²) in [4.78, 5) is 10.7. The minimum atomic E-state index is -0.655. The number of phenolic OH excluding ortho intramolecular Hbond substituents is 1. The maximum absolute atomic E-state index is 10.7. The van der Waals surface area contributed by atoms with E-state index in [1.165, 1.54) is 12.1 Å². The van der Waals surface area contributed by atoms with Gasteiger partial charge in [-0.3, -0.25) is 4.79 Å². The molecule has 0 fully saturated rings. The van der Waals surface area contributed by atoms with Gasteiger partial charge < -0.3 is 16.6 Å². The molecule has 0 aliphatic carbocycles. The molecular formula is C9H10BrClN2O2. The summed E-state index contributed by atoms with van der Waals surface area (Å²) < 4.78 is 0.435. The van der Waals surface area contributed by atoms with Crippen LogP contribution in [-0.2, 0) is 4.79 Å². The molecule has 0 saturated heterocycles. The lowest BCUT2D eigenvalue weighted by Gasteiger charge is -2.13. The summed E-state index contributed by atoms with van der Waals surface area (Å²) in [6.07, 6.45) is -0.0413. The van der Waals surface area contributed by atoms with Crippen LogP contribution in [0.4, 0.5) is 0 Å². The van der Waals surface area contributed by atoms with E-state index in [0.717, 1.165) is 0 Å². The predicted octanol–water partition coefficient (Wildman–Crippen LogP) is 1.68. The molecule has 1 aromatic rings. The molecule has 1 rings (SSSR count). The SMILES string of the molecule is NC(=O)CC(N)c1cc(Cl)cc(Br)c1O. The minimum absolute atomic E-state index is 0.0202. The van der Waals surface area contributed by atoms with E-state index in [9.17, 15) is 9.90 Å². The molecule has 0 aliphatic heterocycles. The van der Waals surface area contributed by atoms with E-state index in [2.05, 4.69) is 15.9 Å². The van der Waals surface area contributed by atoms with Gasteiger partial charge in [0.25, 0.3) is 0 Å². The van der Waals surface area contributed by atoms with Crippen LogP contribution in [0.2, 0.25) is 5.02 Å². The average molecular weight is 294 g/mol. The van der Waals surface area contributed by atoms with Gasteiger partial charge in [0.1, 0.15) is 5.75 Å². The zero-order valence-electron chi connectivity index (χ0n) is 7.71. The van der Waals surface area contributed by atoms with Crippen LogP contribution in [0, 0.1) is 0 Å².